The first kappa shape index (κ1) is 30.0. The fourth-order valence-corrected chi connectivity index (χ4v) is 5.48. The van der Waals surface area contributed by atoms with Gasteiger partial charge in [0.2, 0.25) is 5.91 Å². The van der Waals surface area contributed by atoms with Crippen molar-refractivity contribution < 1.29 is 48.2 Å². The normalized spacial score (nSPS) is 28.3. The van der Waals surface area contributed by atoms with Gasteiger partial charge in [0.1, 0.15) is 48.4 Å². The summed E-state index contributed by atoms with van der Waals surface area (Å²) in [6.45, 7) is -0.127. The molecule has 2 heterocycles. The molecule has 9 nitrogen and oxygen atoms in total. The highest BCUT2D eigenvalue weighted by Gasteiger charge is 2.48. The summed E-state index contributed by atoms with van der Waals surface area (Å²) in [5.74, 6) is -1.00. The first-order chi connectivity index (χ1) is 20.2. The first-order valence-electron chi connectivity index (χ1n) is 13.6. The van der Waals surface area contributed by atoms with Gasteiger partial charge in [-0.25, -0.2) is 8.78 Å². The minimum absolute atomic E-state index is 0.127. The van der Waals surface area contributed by atoms with Gasteiger partial charge in [-0.3, -0.25) is 4.79 Å². The molecule has 5 rings (SSSR count). The lowest BCUT2D eigenvalue weighted by molar-refractivity contribution is -0.293. The van der Waals surface area contributed by atoms with Crippen molar-refractivity contribution in [2.45, 2.75) is 55.7 Å². The number of benzene rings is 3. The van der Waals surface area contributed by atoms with E-state index in [9.17, 15) is 34.0 Å². The van der Waals surface area contributed by atoms with Crippen molar-refractivity contribution in [1.82, 2.24) is 0 Å². The van der Waals surface area contributed by atoms with Gasteiger partial charge in [0, 0.05) is 12.8 Å². The second-order valence-corrected chi connectivity index (χ2v) is 10.5. The molecule has 0 radical (unpaired) electrons. The van der Waals surface area contributed by atoms with Crippen LogP contribution in [0.15, 0.2) is 72.8 Å². The summed E-state index contributed by atoms with van der Waals surface area (Å²) in [5, 5.41) is 40.9. The number of halogens is 2. The predicted molar refractivity (Wildman–Crippen MR) is 146 cm³/mol. The topological polar surface area (TPSA) is 129 Å². The standard InChI is InChI=1S/C31H33F2NO8/c1-40-31-29(38)28(37)27(36)25(42-31)16-41-22-12-4-18(5-13-22)26-23(14-15-24(35)17-2-6-19(32)7-3-17)30(39)34(26)21-10-8-20(33)9-11-21/h2-13,23-29,31,35-38H,14-16H2,1H3/t23-,24+,25+,26-,27-,28+,29+,31+/m1/s1. The van der Waals surface area contributed by atoms with Crippen LogP contribution < -0.4 is 9.64 Å². The van der Waals surface area contributed by atoms with Gasteiger partial charge in [-0.15, -0.1) is 0 Å². The van der Waals surface area contributed by atoms with Crippen LogP contribution in [0.4, 0.5) is 14.5 Å². The highest BCUT2D eigenvalue weighted by atomic mass is 19.1. The van der Waals surface area contributed by atoms with Crippen molar-refractivity contribution in [3.63, 3.8) is 0 Å². The summed E-state index contributed by atoms with van der Waals surface area (Å²) < 4.78 is 43.2. The van der Waals surface area contributed by atoms with E-state index in [1.54, 1.807) is 29.2 Å². The van der Waals surface area contributed by atoms with E-state index < -0.39 is 54.4 Å². The average molecular weight is 586 g/mol. The van der Waals surface area contributed by atoms with Crippen molar-refractivity contribution in [3.05, 3.63) is 95.6 Å². The molecule has 42 heavy (non-hydrogen) atoms. The average Bonchev–Trinajstić information content (AvgIpc) is 3.00. The fraction of sp³-hybridized carbons (Fsp3) is 0.387. The van der Waals surface area contributed by atoms with Gasteiger partial charge in [-0.2, -0.15) is 0 Å². The number of hydrogen-bond acceptors (Lipinski definition) is 8. The number of ether oxygens (including phenoxy) is 3. The van der Waals surface area contributed by atoms with Gasteiger partial charge in [0.25, 0.3) is 0 Å². The van der Waals surface area contributed by atoms with E-state index in [0.29, 0.717) is 23.4 Å². The van der Waals surface area contributed by atoms with E-state index in [1.165, 1.54) is 55.6 Å². The van der Waals surface area contributed by atoms with E-state index in [-0.39, 0.29) is 25.0 Å². The number of rotatable bonds is 10. The Bertz CT molecular complexity index is 1340. The minimum atomic E-state index is -1.47. The maximum Gasteiger partial charge on any atom is 0.233 e. The van der Waals surface area contributed by atoms with Crippen LogP contribution in [0.3, 0.4) is 0 Å². The fourth-order valence-electron chi connectivity index (χ4n) is 5.48. The number of aliphatic hydroxyl groups is 4. The van der Waals surface area contributed by atoms with Crippen molar-refractivity contribution in [2.24, 2.45) is 5.92 Å². The molecule has 0 bridgehead atoms. The van der Waals surface area contributed by atoms with Gasteiger partial charge in [-0.1, -0.05) is 24.3 Å². The maximum absolute atomic E-state index is 13.6. The van der Waals surface area contributed by atoms with Crippen LogP contribution in [-0.2, 0) is 14.3 Å². The number of aliphatic hydroxyl groups excluding tert-OH is 4. The Kier molecular flexibility index (Phi) is 9.16. The zero-order chi connectivity index (χ0) is 30.0. The molecule has 8 atom stereocenters. The molecule has 0 saturated carbocycles. The number of carbonyl (C=O) groups excluding carboxylic acids is 1. The Morgan fingerprint density at radius 1 is 0.881 bits per heavy atom. The molecule has 3 aromatic rings. The van der Waals surface area contributed by atoms with Crippen LogP contribution >= 0.6 is 0 Å². The minimum Gasteiger partial charge on any atom is -0.491 e. The Balaban J connectivity index is 1.29. The summed E-state index contributed by atoms with van der Waals surface area (Å²) in [5.41, 5.74) is 1.89. The number of hydrogen-bond donors (Lipinski definition) is 4. The summed E-state index contributed by atoms with van der Waals surface area (Å²) in [6.07, 6.45) is -6.56. The van der Waals surface area contributed by atoms with Crippen LogP contribution in [-0.4, -0.2) is 70.8 Å². The molecule has 224 valence electrons. The number of amides is 1. The summed E-state index contributed by atoms with van der Waals surface area (Å²) in [6, 6.07) is 17.8. The summed E-state index contributed by atoms with van der Waals surface area (Å²) in [7, 11) is 1.31. The van der Waals surface area contributed by atoms with E-state index in [0.717, 1.165) is 5.56 Å². The van der Waals surface area contributed by atoms with Gasteiger partial charge < -0.3 is 39.5 Å². The molecule has 1 amide bonds. The van der Waals surface area contributed by atoms with Crippen LogP contribution in [0, 0.1) is 17.6 Å². The molecule has 11 heteroatoms. The van der Waals surface area contributed by atoms with E-state index in [2.05, 4.69) is 0 Å². The number of methoxy groups -OCH3 is 1. The number of nitrogens with zero attached hydrogens (tertiary/aromatic N) is 1. The SMILES string of the molecule is CO[C@H]1O[C@@H](COc2ccc([C@@H]3[C@@H](CC[C@H](O)c4ccc(F)cc4)C(=O)N3c3ccc(F)cc3)cc2)[C@@H](O)[C@H](O)[C@@H]1O. The molecule has 0 aliphatic carbocycles. The van der Waals surface area contributed by atoms with Gasteiger partial charge in [0.15, 0.2) is 6.29 Å². The largest absolute Gasteiger partial charge is 0.491 e. The second kappa shape index (κ2) is 12.8. The lowest BCUT2D eigenvalue weighted by atomic mass is 9.78. The molecule has 2 aliphatic rings. The second-order valence-electron chi connectivity index (χ2n) is 10.5. The van der Waals surface area contributed by atoms with Gasteiger partial charge in [-0.05, 0) is 72.5 Å². The molecular formula is C31H33F2NO8. The van der Waals surface area contributed by atoms with E-state index >= 15 is 0 Å². The first-order valence-corrected chi connectivity index (χ1v) is 13.6. The maximum atomic E-state index is 13.6. The third-order valence-electron chi connectivity index (χ3n) is 7.86. The lowest BCUT2D eigenvalue weighted by Gasteiger charge is -2.48. The number of carbonyl (C=O) groups is 1. The highest BCUT2D eigenvalue weighted by Crippen LogP contribution is 2.46. The smallest absolute Gasteiger partial charge is 0.233 e. The van der Waals surface area contributed by atoms with E-state index in [1.807, 2.05) is 0 Å². The van der Waals surface area contributed by atoms with Crippen molar-refractivity contribution in [1.29, 1.82) is 0 Å². The van der Waals surface area contributed by atoms with Crippen LogP contribution in [0.25, 0.3) is 0 Å². The Hall–Kier alpha value is -3.45. The highest BCUT2D eigenvalue weighted by molar-refractivity contribution is 6.03. The lowest BCUT2D eigenvalue weighted by Crippen LogP contribution is -2.59. The molecular weight excluding hydrogens is 552 g/mol. The molecule has 0 spiro atoms. The predicted octanol–water partition coefficient (Wildman–Crippen LogP) is 3.02. The molecule has 0 unspecified atom stereocenters. The van der Waals surface area contributed by atoms with Gasteiger partial charge in [0.05, 0.1) is 18.1 Å². The number of β-lactam (4-membered cyclic amide) rings is 1. The van der Waals surface area contributed by atoms with Crippen molar-refractivity contribution in [3.8, 4) is 5.75 Å². The van der Waals surface area contributed by atoms with Crippen LogP contribution in [0.1, 0.15) is 36.1 Å². The zero-order valence-electron chi connectivity index (χ0n) is 22.8. The van der Waals surface area contributed by atoms with Crippen LogP contribution in [0.2, 0.25) is 0 Å². The molecule has 2 aliphatic heterocycles. The Morgan fingerprint density at radius 3 is 2.12 bits per heavy atom. The molecule has 3 aromatic carbocycles. The van der Waals surface area contributed by atoms with Gasteiger partial charge >= 0.3 is 0 Å². The third kappa shape index (κ3) is 6.17. The number of anilines is 1. The zero-order valence-corrected chi connectivity index (χ0v) is 22.8. The summed E-state index contributed by atoms with van der Waals surface area (Å²) >= 11 is 0. The van der Waals surface area contributed by atoms with E-state index in [4.69, 9.17) is 14.2 Å². The quantitative estimate of drug-likeness (QED) is 0.268. The molecule has 2 fully saturated rings. The third-order valence-corrected chi connectivity index (χ3v) is 7.86. The summed E-state index contributed by atoms with van der Waals surface area (Å²) in [4.78, 5) is 14.9. The van der Waals surface area contributed by atoms with Crippen molar-refractivity contribution >= 4 is 11.6 Å². The Morgan fingerprint density at radius 2 is 1.50 bits per heavy atom. The van der Waals surface area contributed by atoms with Crippen molar-refractivity contribution in [2.75, 3.05) is 18.6 Å². The molecule has 4 N–H and O–H groups in total. The van der Waals surface area contributed by atoms with Crippen LogP contribution in [0.5, 0.6) is 5.75 Å². The monoisotopic (exact) mass is 585 g/mol. The molecule has 2 saturated heterocycles. The molecule has 0 aromatic heterocycles. The Labute approximate surface area is 241 Å².